The van der Waals surface area contributed by atoms with Crippen LogP contribution >= 0.6 is 11.6 Å². The van der Waals surface area contributed by atoms with E-state index in [1.54, 1.807) is 36.4 Å². The molecular weight excluding hydrogens is 378 g/mol. The molecule has 0 saturated heterocycles. The van der Waals surface area contributed by atoms with Crippen molar-refractivity contribution in [2.75, 3.05) is 13.2 Å². The van der Waals surface area contributed by atoms with E-state index in [1.165, 1.54) is 0 Å². The minimum Gasteiger partial charge on any atom is -0.478 e. The van der Waals surface area contributed by atoms with Gasteiger partial charge in [-0.3, -0.25) is 4.79 Å². The minimum atomic E-state index is -0.956. The Kier molecular flexibility index (Phi) is 7.61. The smallest absolute Gasteiger partial charge is 0.335 e. The number of rotatable bonds is 8. The second kappa shape index (κ2) is 9.71. The van der Waals surface area contributed by atoms with Crippen molar-refractivity contribution >= 4 is 23.5 Å². The molecule has 5 nitrogen and oxygen atoms in total. The molecule has 0 aliphatic carbocycles. The van der Waals surface area contributed by atoms with E-state index in [4.69, 9.17) is 21.4 Å². The van der Waals surface area contributed by atoms with Crippen LogP contribution in [0, 0.1) is 5.41 Å². The molecule has 0 atom stereocenters. The Morgan fingerprint density at radius 1 is 1.11 bits per heavy atom. The summed E-state index contributed by atoms with van der Waals surface area (Å²) in [5.74, 6) is -1.17. The predicted molar refractivity (Wildman–Crippen MR) is 110 cm³/mol. The topological polar surface area (TPSA) is 75.6 Å². The highest BCUT2D eigenvalue weighted by atomic mass is 35.5. The molecule has 2 N–H and O–H groups in total. The van der Waals surface area contributed by atoms with Crippen molar-refractivity contribution in [2.45, 2.75) is 33.8 Å². The molecule has 0 aliphatic heterocycles. The van der Waals surface area contributed by atoms with Crippen LogP contribution < -0.4 is 5.32 Å². The van der Waals surface area contributed by atoms with Crippen molar-refractivity contribution in [1.29, 1.82) is 0 Å². The Bertz CT molecular complexity index is 825. The van der Waals surface area contributed by atoms with E-state index in [0.717, 1.165) is 11.1 Å². The molecule has 0 aliphatic rings. The Balaban J connectivity index is 1.95. The summed E-state index contributed by atoms with van der Waals surface area (Å²) in [6.07, 6.45) is 0.599. The summed E-state index contributed by atoms with van der Waals surface area (Å²) in [5.41, 5.74) is 2.53. The molecular formula is C22H26ClNO4. The maximum Gasteiger partial charge on any atom is 0.335 e. The lowest BCUT2D eigenvalue weighted by Gasteiger charge is -2.19. The second-order valence-corrected chi connectivity index (χ2v) is 8.30. The molecule has 0 radical (unpaired) electrons. The summed E-state index contributed by atoms with van der Waals surface area (Å²) in [6.45, 7) is 7.62. The monoisotopic (exact) mass is 403 g/mol. The van der Waals surface area contributed by atoms with Gasteiger partial charge in [0.05, 0.1) is 18.8 Å². The normalized spacial score (nSPS) is 11.3. The van der Waals surface area contributed by atoms with Crippen LogP contribution in [0.3, 0.4) is 0 Å². The molecule has 1 amide bonds. The van der Waals surface area contributed by atoms with E-state index in [9.17, 15) is 9.59 Å². The lowest BCUT2D eigenvalue weighted by Crippen LogP contribution is -2.27. The highest BCUT2D eigenvalue weighted by Gasteiger charge is 2.15. The number of halogens is 1. The maximum absolute atomic E-state index is 12.6. The minimum absolute atomic E-state index is 0.0467. The van der Waals surface area contributed by atoms with Gasteiger partial charge in [0, 0.05) is 17.1 Å². The Morgan fingerprint density at radius 2 is 1.79 bits per heavy atom. The first-order valence-corrected chi connectivity index (χ1v) is 9.50. The molecule has 2 rings (SSSR count). The molecule has 6 heteroatoms. The Labute approximate surface area is 170 Å². The van der Waals surface area contributed by atoms with Gasteiger partial charge in [-0.15, -0.1) is 0 Å². The van der Waals surface area contributed by atoms with Crippen LogP contribution in [0.2, 0.25) is 5.02 Å². The van der Waals surface area contributed by atoms with Gasteiger partial charge in [0.25, 0.3) is 5.91 Å². The first-order valence-electron chi connectivity index (χ1n) is 9.12. The van der Waals surface area contributed by atoms with Crippen molar-refractivity contribution in [3.8, 4) is 0 Å². The van der Waals surface area contributed by atoms with E-state index in [1.807, 2.05) is 6.07 Å². The summed E-state index contributed by atoms with van der Waals surface area (Å²) < 4.78 is 5.75. The van der Waals surface area contributed by atoms with E-state index >= 15 is 0 Å². The molecule has 0 fully saturated rings. The van der Waals surface area contributed by atoms with Crippen molar-refractivity contribution in [3.05, 3.63) is 69.7 Å². The number of hydrogen-bond acceptors (Lipinski definition) is 3. The average molecular weight is 404 g/mol. The van der Waals surface area contributed by atoms with Crippen LogP contribution in [0.4, 0.5) is 0 Å². The highest BCUT2D eigenvalue weighted by Crippen LogP contribution is 2.19. The highest BCUT2D eigenvalue weighted by molar-refractivity contribution is 6.31. The van der Waals surface area contributed by atoms with Gasteiger partial charge in [-0.25, -0.2) is 4.79 Å². The molecule has 0 heterocycles. The third-order valence-electron chi connectivity index (χ3n) is 4.01. The fraction of sp³-hybridized carbons (Fsp3) is 0.364. The molecule has 0 aromatic heterocycles. The number of aromatic carboxylic acids is 1. The Morgan fingerprint density at radius 3 is 2.39 bits per heavy atom. The first-order chi connectivity index (χ1) is 13.2. The summed E-state index contributed by atoms with van der Waals surface area (Å²) in [6, 6.07) is 11.8. The van der Waals surface area contributed by atoms with E-state index < -0.39 is 5.97 Å². The molecule has 0 spiro atoms. The standard InChI is InChI=1S/C22H26ClNO4/c1-22(2,3)14-28-13-17-8-9-18(23)12-19(17)20(25)24-11-10-15-4-6-16(7-5-15)21(26)27/h4-9,12H,10-11,13-14H2,1-3H3,(H,24,25)(H,26,27). The largest absolute Gasteiger partial charge is 0.478 e. The van der Waals surface area contributed by atoms with Crippen LogP contribution in [0.5, 0.6) is 0 Å². The average Bonchev–Trinajstić information content (AvgIpc) is 2.62. The number of carbonyl (C=O) groups excluding carboxylic acids is 1. The molecule has 28 heavy (non-hydrogen) atoms. The summed E-state index contributed by atoms with van der Waals surface area (Å²) in [7, 11) is 0. The zero-order valence-corrected chi connectivity index (χ0v) is 17.2. The van der Waals surface area contributed by atoms with Crippen LogP contribution in [0.15, 0.2) is 42.5 Å². The van der Waals surface area contributed by atoms with Gasteiger partial charge in [0.2, 0.25) is 0 Å². The van der Waals surface area contributed by atoms with Gasteiger partial charge < -0.3 is 15.2 Å². The summed E-state index contributed by atoms with van der Waals surface area (Å²) >= 11 is 6.07. The number of carbonyl (C=O) groups is 2. The predicted octanol–water partition coefficient (Wildman–Crippen LogP) is 4.57. The van der Waals surface area contributed by atoms with Gasteiger partial charge in [0.15, 0.2) is 0 Å². The summed E-state index contributed by atoms with van der Waals surface area (Å²) in [5, 5.41) is 12.3. The Hall–Kier alpha value is -2.37. The van der Waals surface area contributed by atoms with Gasteiger partial charge >= 0.3 is 5.97 Å². The fourth-order valence-corrected chi connectivity index (χ4v) is 2.75. The zero-order chi connectivity index (χ0) is 20.7. The zero-order valence-electron chi connectivity index (χ0n) is 16.4. The van der Waals surface area contributed by atoms with Crippen molar-refractivity contribution < 1.29 is 19.4 Å². The molecule has 0 bridgehead atoms. The molecule has 2 aromatic carbocycles. The number of hydrogen-bond donors (Lipinski definition) is 2. The quantitative estimate of drug-likeness (QED) is 0.676. The van der Waals surface area contributed by atoms with Crippen LogP contribution in [0.25, 0.3) is 0 Å². The summed E-state index contributed by atoms with van der Waals surface area (Å²) in [4.78, 5) is 23.5. The van der Waals surface area contributed by atoms with Gasteiger partial charge in [0.1, 0.15) is 0 Å². The van der Waals surface area contributed by atoms with Gasteiger partial charge in [-0.1, -0.05) is 50.6 Å². The van der Waals surface area contributed by atoms with Crippen molar-refractivity contribution in [2.24, 2.45) is 5.41 Å². The first kappa shape index (κ1) is 21.9. The number of carboxylic acids is 1. The third kappa shape index (κ3) is 6.98. The molecule has 150 valence electrons. The SMILES string of the molecule is CC(C)(C)COCc1ccc(Cl)cc1C(=O)NCCc1ccc(C(=O)O)cc1. The maximum atomic E-state index is 12.6. The number of amides is 1. The van der Waals surface area contributed by atoms with Gasteiger partial charge in [-0.2, -0.15) is 0 Å². The lowest BCUT2D eigenvalue weighted by atomic mass is 9.98. The number of carboxylic acid groups (broad SMARTS) is 1. The lowest BCUT2D eigenvalue weighted by molar-refractivity contribution is 0.0591. The number of nitrogens with one attached hydrogen (secondary N) is 1. The number of benzene rings is 2. The van der Waals surface area contributed by atoms with Crippen molar-refractivity contribution in [1.82, 2.24) is 5.32 Å². The van der Waals surface area contributed by atoms with Crippen LogP contribution in [-0.2, 0) is 17.8 Å². The second-order valence-electron chi connectivity index (χ2n) is 7.86. The molecule has 2 aromatic rings. The molecule has 0 unspecified atom stereocenters. The fourth-order valence-electron chi connectivity index (χ4n) is 2.58. The number of ether oxygens (including phenoxy) is 1. The van der Waals surface area contributed by atoms with E-state index in [0.29, 0.717) is 36.8 Å². The van der Waals surface area contributed by atoms with E-state index in [-0.39, 0.29) is 16.9 Å². The van der Waals surface area contributed by atoms with Crippen LogP contribution in [0.1, 0.15) is 52.6 Å². The molecule has 0 saturated carbocycles. The van der Waals surface area contributed by atoms with E-state index in [2.05, 4.69) is 26.1 Å². The third-order valence-corrected chi connectivity index (χ3v) is 4.24. The van der Waals surface area contributed by atoms with Gasteiger partial charge in [-0.05, 0) is 47.2 Å². The van der Waals surface area contributed by atoms with Crippen molar-refractivity contribution in [3.63, 3.8) is 0 Å². The van der Waals surface area contributed by atoms with Crippen LogP contribution in [-0.4, -0.2) is 30.1 Å².